The lowest BCUT2D eigenvalue weighted by Crippen LogP contribution is -2.63. The lowest BCUT2D eigenvalue weighted by Gasteiger charge is -2.47. The van der Waals surface area contributed by atoms with E-state index in [2.05, 4.69) is 36.5 Å². The quantitative estimate of drug-likeness (QED) is 0.0636. The Morgan fingerprint density at radius 2 is 1.48 bits per heavy atom. The summed E-state index contributed by atoms with van der Waals surface area (Å²) < 4.78 is 58.7. The highest BCUT2D eigenvalue weighted by molar-refractivity contribution is 5.79. The third-order valence-corrected chi connectivity index (χ3v) is 12.6. The molecule has 0 spiro atoms. The molecular formula is C48H65NO14. The molecule has 7 rings (SSSR count). The summed E-state index contributed by atoms with van der Waals surface area (Å²) in [6.07, 6.45) is 15.1. The van der Waals surface area contributed by atoms with Crippen molar-refractivity contribution in [3.63, 3.8) is 0 Å². The van der Waals surface area contributed by atoms with E-state index in [9.17, 15) is 19.8 Å². The topological polar surface area (TPSA) is 179 Å². The second-order valence-electron chi connectivity index (χ2n) is 16.9. The zero-order valence-corrected chi connectivity index (χ0v) is 37.0. The van der Waals surface area contributed by atoms with Crippen molar-refractivity contribution in [3.05, 3.63) is 65.3 Å². The van der Waals surface area contributed by atoms with Crippen LogP contribution in [0, 0.1) is 11.8 Å². The lowest BCUT2D eigenvalue weighted by atomic mass is 9.66. The van der Waals surface area contributed by atoms with Gasteiger partial charge in [0.1, 0.15) is 24.4 Å². The molecule has 0 saturated carbocycles. The number of allylic oxidation sites excluding steroid dienone is 4. The van der Waals surface area contributed by atoms with Crippen LogP contribution in [-0.4, -0.2) is 100 Å². The first-order chi connectivity index (χ1) is 30.7. The summed E-state index contributed by atoms with van der Waals surface area (Å²) in [7, 11) is 2.93. The number of ether oxygens (including phenoxy) is 10. The Bertz CT molecular complexity index is 1870. The number of fused-ring (bicyclic) bond motifs is 4. The van der Waals surface area contributed by atoms with Crippen LogP contribution in [0.25, 0.3) is 0 Å². The van der Waals surface area contributed by atoms with Gasteiger partial charge >= 0.3 is 12.1 Å². The predicted octanol–water partition coefficient (Wildman–Crippen LogP) is 7.53. The molecule has 1 amide bonds. The van der Waals surface area contributed by atoms with Crippen LogP contribution in [0.4, 0.5) is 4.79 Å². The predicted molar refractivity (Wildman–Crippen MR) is 230 cm³/mol. The number of methoxy groups -OCH3 is 2. The van der Waals surface area contributed by atoms with Crippen LogP contribution in [-0.2, 0) is 28.5 Å². The minimum absolute atomic E-state index is 0.00707. The number of esters is 1. The molecule has 10 atom stereocenters. The van der Waals surface area contributed by atoms with Gasteiger partial charge < -0.3 is 62.9 Å². The second-order valence-corrected chi connectivity index (χ2v) is 16.9. The number of benzene rings is 2. The largest absolute Gasteiger partial charge is 0.493 e. The normalized spacial score (nSPS) is 28.4. The highest BCUT2D eigenvalue weighted by Gasteiger charge is 2.56. The van der Waals surface area contributed by atoms with Crippen molar-refractivity contribution in [3.8, 4) is 28.7 Å². The second kappa shape index (κ2) is 22.5. The molecule has 0 bridgehead atoms. The standard InChI is InChI=1S/C48H65NO14/c1-5-6-7-8-9-10-11-12-13-14-15-16-17-18-19-20-21-49-48(53)63-44-36(54-3)22-30(23-37(44)55-4)39-31-24-34-35(59-28-58-34)25-32(31)43(33-26-57-46(52)40(33)39)62-47-42(51)41(50)45-38(61-47)27-56-29(2)60-45/h9-10,12-13,22-25,29,33,38-43,45,47,50-51H,5-8,11,14-21,26-28H2,1-4H3,(H,49,53)/t29-,33+,38-,39-,40+,41-,42-,43-,45?,47+/m1/s1. The van der Waals surface area contributed by atoms with Crippen molar-refractivity contribution < 1.29 is 67.2 Å². The highest BCUT2D eigenvalue weighted by Crippen LogP contribution is 2.57. The summed E-state index contributed by atoms with van der Waals surface area (Å²) in [5, 5.41) is 25.2. The molecule has 3 N–H and O–H groups in total. The van der Waals surface area contributed by atoms with Gasteiger partial charge in [-0.2, -0.15) is 0 Å². The van der Waals surface area contributed by atoms with E-state index >= 15 is 0 Å². The monoisotopic (exact) mass is 879 g/mol. The summed E-state index contributed by atoms with van der Waals surface area (Å²) >= 11 is 0. The van der Waals surface area contributed by atoms with E-state index in [1.165, 1.54) is 52.7 Å². The molecule has 4 heterocycles. The van der Waals surface area contributed by atoms with Gasteiger partial charge in [-0.15, -0.1) is 0 Å². The number of carbonyl (C=O) groups is 2. The molecule has 0 radical (unpaired) electrons. The average Bonchev–Trinajstić information content (AvgIpc) is 3.92. The van der Waals surface area contributed by atoms with E-state index in [1.54, 1.807) is 19.1 Å². The fourth-order valence-corrected chi connectivity index (χ4v) is 9.25. The first-order valence-corrected chi connectivity index (χ1v) is 22.8. The number of unbranched alkanes of at least 4 members (excludes halogenated alkanes) is 9. The number of carbonyl (C=O) groups excluding carboxylic acids is 2. The van der Waals surface area contributed by atoms with Crippen molar-refractivity contribution >= 4 is 12.1 Å². The minimum atomic E-state index is -1.47. The summed E-state index contributed by atoms with van der Waals surface area (Å²) in [5.41, 5.74) is 1.96. The van der Waals surface area contributed by atoms with E-state index < -0.39 is 72.9 Å². The van der Waals surface area contributed by atoms with E-state index in [1.807, 2.05) is 12.1 Å². The van der Waals surface area contributed by atoms with E-state index in [4.69, 9.17) is 47.4 Å². The molecule has 1 unspecified atom stereocenters. The van der Waals surface area contributed by atoms with Crippen LogP contribution in [0.2, 0.25) is 0 Å². The van der Waals surface area contributed by atoms with Crippen LogP contribution in [0.1, 0.15) is 120 Å². The summed E-state index contributed by atoms with van der Waals surface area (Å²) in [5.74, 6) is -0.892. The molecule has 2 aromatic rings. The number of cyclic esters (lactones) is 1. The molecule has 5 aliphatic rings. The third-order valence-electron chi connectivity index (χ3n) is 12.6. The Morgan fingerprint density at radius 1 is 0.810 bits per heavy atom. The number of nitrogens with one attached hydrogen (secondary N) is 1. The van der Waals surface area contributed by atoms with Gasteiger partial charge in [0.15, 0.2) is 35.6 Å². The number of aliphatic hydroxyl groups excluding tert-OH is 2. The molecule has 3 fully saturated rings. The lowest BCUT2D eigenvalue weighted by molar-refractivity contribution is -0.364. The smallest absolute Gasteiger partial charge is 0.412 e. The molecule has 63 heavy (non-hydrogen) atoms. The molecule has 4 aliphatic heterocycles. The number of hydrogen-bond acceptors (Lipinski definition) is 14. The van der Waals surface area contributed by atoms with E-state index in [0.717, 1.165) is 38.5 Å². The number of hydrogen-bond donors (Lipinski definition) is 3. The van der Waals surface area contributed by atoms with Crippen LogP contribution in [0.5, 0.6) is 28.7 Å². The molecule has 346 valence electrons. The third kappa shape index (κ3) is 11.1. The molecular weight excluding hydrogens is 815 g/mol. The van der Waals surface area contributed by atoms with Crippen molar-refractivity contribution in [2.24, 2.45) is 11.8 Å². The van der Waals surface area contributed by atoms with Gasteiger partial charge in [-0.25, -0.2) is 4.79 Å². The Labute approximate surface area is 370 Å². The first-order valence-electron chi connectivity index (χ1n) is 22.8. The average molecular weight is 880 g/mol. The number of rotatable bonds is 21. The van der Waals surface area contributed by atoms with Crippen LogP contribution in [0.3, 0.4) is 0 Å². The van der Waals surface area contributed by atoms with Crippen LogP contribution >= 0.6 is 0 Å². The molecule has 15 heteroatoms. The molecule has 1 aliphatic carbocycles. The summed E-state index contributed by atoms with van der Waals surface area (Å²) in [4.78, 5) is 26.9. The van der Waals surface area contributed by atoms with Crippen molar-refractivity contribution in [1.82, 2.24) is 5.32 Å². The maximum absolute atomic E-state index is 13.8. The van der Waals surface area contributed by atoms with Crippen LogP contribution < -0.4 is 29.0 Å². The van der Waals surface area contributed by atoms with Gasteiger partial charge in [0.05, 0.1) is 39.5 Å². The fourth-order valence-electron chi connectivity index (χ4n) is 9.25. The first kappa shape index (κ1) is 46.6. The van der Waals surface area contributed by atoms with Crippen molar-refractivity contribution in [2.75, 3.05) is 40.8 Å². The maximum atomic E-state index is 13.8. The van der Waals surface area contributed by atoms with Gasteiger partial charge in [0.2, 0.25) is 12.5 Å². The fraction of sp³-hybridized carbons (Fsp3) is 0.625. The maximum Gasteiger partial charge on any atom is 0.412 e. The SMILES string of the molecule is CCCCCC=CCC=CCCCCCCCCNC(=O)Oc1c(OC)cc([C@@H]2c3cc4c(cc3[C@@H](O[C@@H]3O[C@@H]5CO[C@@H](C)OC5[C@H](O)[C@H]3O)[C@H]3COC(=O)[C@H]23)OCO4)cc1OC. The van der Waals surface area contributed by atoms with E-state index in [-0.39, 0.29) is 37.3 Å². The Balaban J connectivity index is 0.984. The van der Waals surface area contributed by atoms with Gasteiger partial charge in [0, 0.05) is 18.4 Å². The Morgan fingerprint density at radius 3 is 2.17 bits per heavy atom. The molecule has 3 saturated heterocycles. The zero-order valence-electron chi connectivity index (χ0n) is 37.0. The van der Waals surface area contributed by atoms with Gasteiger partial charge in [-0.1, -0.05) is 69.8 Å². The highest BCUT2D eigenvalue weighted by atomic mass is 16.8. The van der Waals surface area contributed by atoms with Crippen molar-refractivity contribution in [2.45, 2.75) is 140 Å². The number of aliphatic hydroxyl groups is 2. The summed E-state index contributed by atoms with van der Waals surface area (Å²) in [6.45, 7) is 4.56. The Hall–Kier alpha value is -4.38. The zero-order chi connectivity index (χ0) is 44.3. The van der Waals surface area contributed by atoms with Gasteiger partial charge in [0.25, 0.3) is 0 Å². The molecule has 2 aromatic carbocycles. The van der Waals surface area contributed by atoms with E-state index in [0.29, 0.717) is 34.7 Å². The number of amides is 1. The van der Waals surface area contributed by atoms with Crippen molar-refractivity contribution in [1.29, 1.82) is 0 Å². The van der Waals surface area contributed by atoms with Crippen LogP contribution in [0.15, 0.2) is 48.6 Å². The minimum Gasteiger partial charge on any atom is -0.493 e. The molecule has 0 aromatic heterocycles. The molecule has 15 nitrogen and oxygen atoms in total. The summed E-state index contributed by atoms with van der Waals surface area (Å²) in [6, 6.07) is 7.08. The van der Waals surface area contributed by atoms with Gasteiger partial charge in [-0.3, -0.25) is 4.79 Å². The Kier molecular flexibility index (Phi) is 16.6. The van der Waals surface area contributed by atoms with Gasteiger partial charge in [-0.05, 0) is 86.4 Å².